The Labute approximate surface area is 161 Å². The molecule has 144 valence electrons. The smallest absolute Gasteiger partial charge is 0.338 e. The normalized spacial score (nSPS) is 11.8. The highest BCUT2D eigenvalue weighted by atomic mass is 16.5. The fourth-order valence-electron chi connectivity index (χ4n) is 2.65. The lowest BCUT2D eigenvalue weighted by Crippen LogP contribution is -2.30. The SMILES string of the molecule is CCn1nnc2cc(C(=O)OC(C)C(=O)Nc3ccc(C(C)=O)cc3)ccc21. The van der Waals surface area contributed by atoms with E-state index in [0.29, 0.717) is 28.9 Å². The average Bonchev–Trinajstić information content (AvgIpc) is 3.10. The van der Waals surface area contributed by atoms with Crippen LogP contribution in [0.4, 0.5) is 5.69 Å². The van der Waals surface area contributed by atoms with E-state index in [1.165, 1.54) is 13.8 Å². The summed E-state index contributed by atoms with van der Waals surface area (Å²) in [5, 5.41) is 10.7. The zero-order valence-electron chi connectivity index (χ0n) is 15.8. The minimum Gasteiger partial charge on any atom is -0.449 e. The van der Waals surface area contributed by atoms with Crippen molar-refractivity contribution in [2.24, 2.45) is 0 Å². The second-order valence-corrected chi connectivity index (χ2v) is 6.28. The maximum absolute atomic E-state index is 12.4. The first-order chi connectivity index (χ1) is 13.4. The van der Waals surface area contributed by atoms with Crippen molar-refractivity contribution in [3.63, 3.8) is 0 Å². The molecule has 0 saturated carbocycles. The molecule has 3 aromatic rings. The number of nitrogens with zero attached hydrogens (tertiary/aromatic N) is 3. The van der Waals surface area contributed by atoms with Crippen molar-refractivity contribution < 1.29 is 19.1 Å². The number of aromatic nitrogens is 3. The number of aryl methyl sites for hydroxylation is 1. The molecule has 8 nitrogen and oxygen atoms in total. The van der Waals surface area contributed by atoms with E-state index in [9.17, 15) is 14.4 Å². The quantitative estimate of drug-likeness (QED) is 0.521. The summed E-state index contributed by atoms with van der Waals surface area (Å²) >= 11 is 0. The largest absolute Gasteiger partial charge is 0.449 e. The Morgan fingerprint density at radius 3 is 2.43 bits per heavy atom. The number of carbonyl (C=O) groups excluding carboxylic acids is 3. The first-order valence-corrected chi connectivity index (χ1v) is 8.85. The van der Waals surface area contributed by atoms with Crippen LogP contribution >= 0.6 is 0 Å². The van der Waals surface area contributed by atoms with Crippen LogP contribution in [0.25, 0.3) is 11.0 Å². The van der Waals surface area contributed by atoms with E-state index in [1.807, 2.05) is 6.92 Å². The van der Waals surface area contributed by atoms with Gasteiger partial charge in [-0.25, -0.2) is 9.48 Å². The van der Waals surface area contributed by atoms with Gasteiger partial charge >= 0.3 is 5.97 Å². The van der Waals surface area contributed by atoms with Crippen LogP contribution in [0.15, 0.2) is 42.5 Å². The number of ketones is 1. The Kier molecular flexibility index (Phi) is 5.49. The van der Waals surface area contributed by atoms with Gasteiger partial charge in [-0.2, -0.15) is 0 Å². The number of amides is 1. The summed E-state index contributed by atoms with van der Waals surface area (Å²) in [6, 6.07) is 11.4. The molecule has 3 rings (SSSR count). The molecule has 1 N–H and O–H groups in total. The van der Waals surface area contributed by atoms with Crippen LogP contribution in [-0.4, -0.2) is 38.8 Å². The van der Waals surface area contributed by atoms with E-state index in [4.69, 9.17) is 4.74 Å². The number of hydrogen-bond donors (Lipinski definition) is 1. The van der Waals surface area contributed by atoms with Gasteiger partial charge in [-0.15, -0.1) is 5.10 Å². The Morgan fingerprint density at radius 1 is 1.11 bits per heavy atom. The molecule has 1 atom stereocenters. The molecular weight excluding hydrogens is 360 g/mol. The van der Waals surface area contributed by atoms with Crippen molar-refractivity contribution in [2.45, 2.75) is 33.4 Å². The fraction of sp³-hybridized carbons (Fsp3) is 0.250. The van der Waals surface area contributed by atoms with Gasteiger partial charge in [-0.3, -0.25) is 9.59 Å². The Bertz CT molecular complexity index is 1040. The van der Waals surface area contributed by atoms with E-state index in [1.54, 1.807) is 47.1 Å². The Morgan fingerprint density at radius 2 is 1.79 bits per heavy atom. The third-order valence-corrected chi connectivity index (χ3v) is 4.26. The summed E-state index contributed by atoms with van der Waals surface area (Å²) in [5.74, 6) is -1.15. The predicted molar refractivity (Wildman–Crippen MR) is 103 cm³/mol. The number of anilines is 1. The maximum atomic E-state index is 12.4. The van der Waals surface area contributed by atoms with Crippen molar-refractivity contribution >= 4 is 34.4 Å². The summed E-state index contributed by atoms with van der Waals surface area (Å²) in [6.45, 7) is 5.58. The summed E-state index contributed by atoms with van der Waals surface area (Å²) in [5.41, 5.74) is 2.75. The van der Waals surface area contributed by atoms with E-state index >= 15 is 0 Å². The molecule has 1 aromatic heterocycles. The minimum atomic E-state index is -0.998. The number of nitrogens with one attached hydrogen (secondary N) is 1. The third kappa shape index (κ3) is 4.06. The van der Waals surface area contributed by atoms with Crippen LogP contribution in [0.2, 0.25) is 0 Å². The van der Waals surface area contributed by atoms with Gasteiger partial charge in [0, 0.05) is 17.8 Å². The summed E-state index contributed by atoms with van der Waals surface area (Å²) in [7, 11) is 0. The molecule has 0 aliphatic rings. The second kappa shape index (κ2) is 7.99. The van der Waals surface area contributed by atoms with E-state index in [0.717, 1.165) is 5.52 Å². The molecule has 0 aliphatic carbocycles. The van der Waals surface area contributed by atoms with Crippen LogP contribution in [0.5, 0.6) is 0 Å². The van der Waals surface area contributed by atoms with Crippen LogP contribution in [0, 0.1) is 0 Å². The molecule has 8 heteroatoms. The third-order valence-electron chi connectivity index (χ3n) is 4.26. The van der Waals surface area contributed by atoms with Crippen molar-refractivity contribution in [3.05, 3.63) is 53.6 Å². The molecule has 0 saturated heterocycles. The number of esters is 1. The Hall–Kier alpha value is -3.55. The standard InChI is InChI=1S/C20H20N4O4/c1-4-24-18-10-7-15(11-17(18)22-23-24)20(27)28-13(3)19(26)21-16-8-5-14(6-9-16)12(2)25/h5-11,13H,4H2,1-3H3,(H,21,26). The summed E-state index contributed by atoms with van der Waals surface area (Å²) < 4.78 is 6.97. The van der Waals surface area contributed by atoms with E-state index in [2.05, 4.69) is 15.6 Å². The highest BCUT2D eigenvalue weighted by Gasteiger charge is 2.20. The molecule has 0 fully saturated rings. The lowest BCUT2D eigenvalue weighted by molar-refractivity contribution is -0.123. The van der Waals surface area contributed by atoms with Gasteiger partial charge in [0.1, 0.15) is 5.52 Å². The molecule has 0 aliphatic heterocycles. The van der Waals surface area contributed by atoms with Crippen LogP contribution in [0.3, 0.4) is 0 Å². The number of carbonyl (C=O) groups is 3. The van der Waals surface area contributed by atoms with Crippen LogP contribution in [0.1, 0.15) is 41.5 Å². The zero-order chi connectivity index (χ0) is 20.3. The molecular formula is C20H20N4O4. The lowest BCUT2D eigenvalue weighted by atomic mass is 10.1. The topological polar surface area (TPSA) is 103 Å². The van der Waals surface area contributed by atoms with Gasteiger partial charge in [0.15, 0.2) is 11.9 Å². The van der Waals surface area contributed by atoms with Gasteiger partial charge in [-0.1, -0.05) is 5.21 Å². The molecule has 0 radical (unpaired) electrons. The molecule has 0 spiro atoms. The number of fused-ring (bicyclic) bond motifs is 1. The van der Waals surface area contributed by atoms with E-state index in [-0.39, 0.29) is 5.78 Å². The number of ether oxygens (including phenoxy) is 1. The highest BCUT2D eigenvalue weighted by molar-refractivity contribution is 5.99. The number of rotatable bonds is 6. The molecule has 0 bridgehead atoms. The second-order valence-electron chi connectivity index (χ2n) is 6.28. The van der Waals surface area contributed by atoms with Crippen molar-refractivity contribution in [1.82, 2.24) is 15.0 Å². The summed E-state index contributed by atoms with van der Waals surface area (Å²) in [6.07, 6.45) is -0.998. The number of hydrogen-bond acceptors (Lipinski definition) is 6. The molecule has 1 unspecified atom stereocenters. The van der Waals surface area contributed by atoms with Gasteiger partial charge < -0.3 is 10.1 Å². The van der Waals surface area contributed by atoms with Crippen LogP contribution < -0.4 is 5.32 Å². The van der Waals surface area contributed by atoms with E-state index < -0.39 is 18.0 Å². The Balaban J connectivity index is 1.64. The summed E-state index contributed by atoms with van der Waals surface area (Å²) in [4.78, 5) is 35.9. The monoisotopic (exact) mass is 380 g/mol. The van der Waals surface area contributed by atoms with Crippen LogP contribution in [-0.2, 0) is 16.1 Å². The molecule has 1 heterocycles. The first-order valence-electron chi connectivity index (χ1n) is 8.85. The van der Waals surface area contributed by atoms with Crippen molar-refractivity contribution in [2.75, 3.05) is 5.32 Å². The van der Waals surface area contributed by atoms with Gasteiger partial charge in [-0.05, 0) is 63.2 Å². The fourth-order valence-corrected chi connectivity index (χ4v) is 2.65. The highest BCUT2D eigenvalue weighted by Crippen LogP contribution is 2.16. The molecule has 28 heavy (non-hydrogen) atoms. The maximum Gasteiger partial charge on any atom is 0.338 e. The first kappa shape index (κ1) is 19.2. The molecule has 1 amide bonds. The average molecular weight is 380 g/mol. The van der Waals surface area contributed by atoms with Gasteiger partial charge in [0.05, 0.1) is 11.1 Å². The van der Waals surface area contributed by atoms with Crippen molar-refractivity contribution in [1.29, 1.82) is 0 Å². The van der Waals surface area contributed by atoms with Gasteiger partial charge in [0.25, 0.3) is 5.91 Å². The number of benzene rings is 2. The number of Topliss-reactive ketones (excluding diaryl/α,β-unsaturated/α-hetero) is 1. The molecule has 2 aromatic carbocycles. The van der Waals surface area contributed by atoms with Gasteiger partial charge in [0.2, 0.25) is 0 Å². The van der Waals surface area contributed by atoms with Crippen molar-refractivity contribution in [3.8, 4) is 0 Å². The zero-order valence-corrected chi connectivity index (χ0v) is 15.8. The minimum absolute atomic E-state index is 0.0592. The predicted octanol–water partition coefficient (Wildman–Crippen LogP) is 2.84. The lowest BCUT2D eigenvalue weighted by Gasteiger charge is -2.13.